The Morgan fingerprint density at radius 2 is 2.03 bits per heavy atom. The summed E-state index contributed by atoms with van der Waals surface area (Å²) in [5.74, 6) is -6.71. The molecule has 2 aliphatic rings. The Labute approximate surface area is 182 Å². The maximum Gasteiger partial charge on any atom is 0.402 e. The molecule has 176 valence electrons. The molecule has 0 spiro atoms. The van der Waals surface area contributed by atoms with E-state index in [0.29, 0.717) is 5.57 Å². The lowest BCUT2D eigenvalue weighted by Crippen LogP contribution is -2.71. The number of aryl methyl sites for hydroxylation is 1. The van der Waals surface area contributed by atoms with Gasteiger partial charge in [0.25, 0.3) is 5.91 Å². The Morgan fingerprint density at radius 1 is 1.34 bits per heavy atom. The lowest BCUT2D eigenvalue weighted by Gasteiger charge is -2.49. The van der Waals surface area contributed by atoms with Crippen LogP contribution in [0.3, 0.4) is 0 Å². The van der Waals surface area contributed by atoms with Gasteiger partial charge in [0.1, 0.15) is 28.6 Å². The molecule has 2 amide bonds. The number of sulfone groups is 1. The van der Waals surface area contributed by atoms with Gasteiger partial charge in [-0.05, 0) is 16.0 Å². The number of amides is 2. The zero-order valence-electron chi connectivity index (χ0n) is 16.2. The number of carbonyl (C=O) groups excluding carboxylic acids is 2. The molecule has 2 atom stereocenters. The van der Waals surface area contributed by atoms with Crippen molar-refractivity contribution in [2.24, 2.45) is 7.05 Å². The standard InChI is InChI=1S/C14H16F3N7O6S2/c1-23-13(20-21-22-23)18-2-6-3-31-11-8(10(26)24(11)9(6)12(27)28)19-7(25)4-32(29,30)5-14(15,16)17/h8,11H,2-5H2,1H3,(H,19,25)(H,27,28)(H,18,20,22)/t8-,11-/m1/s1. The minimum Gasteiger partial charge on any atom is -0.477 e. The number of anilines is 1. The van der Waals surface area contributed by atoms with Crippen LogP contribution in [0, 0.1) is 0 Å². The average Bonchev–Trinajstić information content (AvgIpc) is 3.05. The van der Waals surface area contributed by atoms with Crippen LogP contribution in [0.5, 0.6) is 0 Å². The first-order chi connectivity index (χ1) is 14.8. The maximum atomic E-state index is 12.5. The first-order valence-corrected chi connectivity index (χ1v) is 11.6. The molecule has 18 heteroatoms. The Morgan fingerprint density at radius 3 is 2.59 bits per heavy atom. The van der Waals surface area contributed by atoms with Crippen molar-refractivity contribution in [3.05, 3.63) is 11.3 Å². The number of aliphatic carboxylic acids is 1. The van der Waals surface area contributed by atoms with E-state index in [4.69, 9.17) is 0 Å². The molecule has 0 aromatic carbocycles. The third-order valence-corrected chi connectivity index (χ3v) is 7.19. The van der Waals surface area contributed by atoms with Crippen LogP contribution in [0.4, 0.5) is 19.1 Å². The highest BCUT2D eigenvalue weighted by atomic mass is 32.2. The number of carboxylic acids is 1. The molecule has 2 aliphatic heterocycles. The van der Waals surface area contributed by atoms with Gasteiger partial charge in [-0.1, -0.05) is 5.10 Å². The van der Waals surface area contributed by atoms with Crippen LogP contribution in [0.25, 0.3) is 0 Å². The van der Waals surface area contributed by atoms with Crippen LogP contribution in [0.1, 0.15) is 0 Å². The third kappa shape index (κ3) is 5.12. The van der Waals surface area contributed by atoms with Gasteiger partial charge in [0, 0.05) is 19.3 Å². The predicted octanol–water partition coefficient (Wildman–Crippen LogP) is -1.66. The molecule has 3 N–H and O–H groups in total. The second kappa shape index (κ2) is 8.57. The van der Waals surface area contributed by atoms with Crippen LogP contribution in [-0.4, -0.2) is 97.8 Å². The van der Waals surface area contributed by atoms with Crippen LogP contribution >= 0.6 is 11.8 Å². The van der Waals surface area contributed by atoms with Gasteiger partial charge in [-0.15, -0.1) is 11.8 Å². The Bertz CT molecular complexity index is 1090. The van der Waals surface area contributed by atoms with Crippen molar-refractivity contribution < 1.29 is 41.1 Å². The topological polar surface area (TPSA) is 176 Å². The van der Waals surface area contributed by atoms with Crippen molar-refractivity contribution in [3.8, 4) is 0 Å². The van der Waals surface area contributed by atoms with Gasteiger partial charge >= 0.3 is 12.1 Å². The van der Waals surface area contributed by atoms with Gasteiger partial charge < -0.3 is 15.7 Å². The van der Waals surface area contributed by atoms with E-state index in [2.05, 4.69) is 26.2 Å². The van der Waals surface area contributed by atoms with Gasteiger partial charge in [-0.25, -0.2) is 17.9 Å². The summed E-state index contributed by atoms with van der Waals surface area (Å²) in [6, 6.07) is -1.26. The van der Waals surface area contributed by atoms with E-state index in [1.807, 2.05) is 0 Å². The molecule has 0 bridgehead atoms. The summed E-state index contributed by atoms with van der Waals surface area (Å²) in [4.78, 5) is 37.1. The van der Waals surface area contributed by atoms with Crippen molar-refractivity contribution in [1.29, 1.82) is 0 Å². The normalized spacial score (nSPS) is 21.1. The number of rotatable bonds is 8. The number of carbonyl (C=O) groups is 3. The Balaban J connectivity index is 1.67. The highest BCUT2D eigenvalue weighted by Gasteiger charge is 2.54. The minimum absolute atomic E-state index is 0.00601. The number of hydrogen-bond acceptors (Lipinski definition) is 10. The van der Waals surface area contributed by atoms with Crippen molar-refractivity contribution in [1.82, 2.24) is 30.4 Å². The van der Waals surface area contributed by atoms with E-state index in [0.717, 1.165) is 16.7 Å². The van der Waals surface area contributed by atoms with Gasteiger partial charge in [0.05, 0.1) is 0 Å². The summed E-state index contributed by atoms with van der Waals surface area (Å²) >= 11 is 1.11. The second-order valence-electron chi connectivity index (χ2n) is 6.84. The fourth-order valence-corrected chi connectivity index (χ4v) is 5.53. The summed E-state index contributed by atoms with van der Waals surface area (Å²) in [6.45, 7) is 0.00601. The largest absolute Gasteiger partial charge is 0.477 e. The summed E-state index contributed by atoms with van der Waals surface area (Å²) in [7, 11) is -3.22. The Hall–Kier alpha value is -2.89. The monoisotopic (exact) mass is 499 g/mol. The number of carboxylic acid groups (broad SMARTS) is 1. The number of halogens is 3. The summed E-state index contributed by atoms with van der Waals surface area (Å²) in [6.07, 6.45) is -5.01. The van der Waals surface area contributed by atoms with E-state index in [9.17, 15) is 41.1 Å². The lowest BCUT2D eigenvalue weighted by atomic mass is 10.0. The molecule has 1 aromatic heterocycles. The molecule has 1 fully saturated rings. The van der Waals surface area contributed by atoms with E-state index < -0.39 is 56.7 Å². The van der Waals surface area contributed by atoms with Gasteiger partial charge in [0.2, 0.25) is 11.9 Å². The van der Waals surface area contributed by atoms with Crippen molar-refractivity contribution in [3.63, 3.8) is 0 Å². The molecular weight excluding hydrogens is 483 g/mol. The number of tetrazole rings is 1. The quantitative estimate of drug-likeness (QED) is 0.349. The molecule has 32 heavy (non-hydrogen) atoms. The number of thioether (sulfide) groups is 1. The third-order valence-electron chi connectivity index (χ3n) is 4.38. The number of fused-ring (bicyclic) bond motifs is 1. The minimum atomic E-state index is -5.01. The lowest BCUT2D eigenvalue weighted by molar-refractivity contribution is -0.150. The van der Waals surface area contributed by atoms with Crippen LogP contribution in [0.2, 0.25) is 0 Å². The fourth-order valence-electron chi connectivity index (χ4n) is 3.10. The van der Waals surface area contributed by atoms with Crippen molar-refractivity contribution in [2.75, 3.05) is 29.1 Å². The first kappa shape index (κ1) is 23.8. The highest BCUT2D eigenvalue weighted by molar-refractivity contribution is 8.00. The fraction of sp³-hybridized carbons (Fsp3) is 0.571. The predicted molar refractivity (Wildman–Crippen MR) is 102 cm³/mol. The number of nitrogens with zero attached hydrogens (tertiary/aromatic N) is 5. The zero-order chi connectivity index (χ0) is 23.8. The van der Waals surface area contributed by atoms with Crippen LogP contribution in [0.15, 0.2) is 11.3 Å². The number of β-lactam (4-membered cyclic amide) rings is 1. The van der Waals surface area contributed by atoms with Crippen LogP contribution in [-0.2, 0) is 31.3 Å². The molecule has 3 heterocycles. The molecule has 0 radical (unpaired) electrons. The summed E-state index contributed by atoms with van der Waals surface area (Å²) in [5.41, 5.74) is 0.0317. The average molecular weight is 499 g/mol. The van der Waals surface area contributed by atoms with Crippen molar-refractivity contribution in [2.45, 2.75) is 17.6 Å². The smallest absolute Gasteiger partial charge is 0.402 e. The molecule has 13 nitrogen and oxygen atoms in total. The number of nitrogens with one attached hydrogen (secondary N) is 2. The van der Waals surface area contributed by atoms with E-state index in [1.165, 1.54) is 4.68 Å². The van der Waals surface area contributed by atoms with Crippen molar-refractivity contribution >= 4 is 45.3 Å². The summed E-state index contributed by atoms with van der Waals surface area (Å²) in [5, 5.41) is 24.4. The number of hydrogen-bond donors (Lipinski definition) is 3. The SMILES string of the molecule is Cn1nnnc1NCC1=C(C(=O)O)N2C(=O)[C@@H](NC(=O)CS(=O)(=O)CC(F)(F)F)[C@H]2SC1. The maximum absolute atomic E-state index is 12.5. The first-order valence-electron chi connectivity index (χ1n) is 8.72. The number of alkyl halides is 3. The zero-order valence-corrected chi connectivity index (χ0v) is 17.8. The van der Waals surface area contributed by atoms with E-state index in [1.54, 1.807) is 7.05 Å². The second-order valence-corrected chi connectivity index (χ2v) is 10.0. The van der Waals surface area contributed by atoms with Gasteiger partial charge in [-0.2, -0.15) is 13.2 Å². The van der Waals surface area contributed by atoms with E-state index in [-0.39, 0.29) is 23.9 Å². The summed E-state index contributed by atoms with van der Waals surface area (Å²) < 4.78 is 61.2. The van der Waals surface area contributed by atoms with Crippen LogP contribution < -0.4 is 10.6 Å². The molecule has 1 saturated heterocycles. The Kier molecular flexibility index (Phi) is 6.36. The molecule has 0 saturated carbocycles. The van der Waals surface area contributed by atoms with Gasteiger partial charge in [-0.3, -0.25) is 14.5 Å². The molecule has 0 unspecified atom stereocenters. The highest BCUT2D eigenvalue weighted by Crippen LogP contribution is 2.40. The van der Waals surface area contributed by atoms with Gasteiger partial charge in [0.15, 0.2) is 9.84 Å². The molecule has 1 aromatic rings. The molecular formula is C14H16F3N7O6S2. The number of aromatic nitrogens is 4. The molecule has 3 rings (SSSR count). The van der Waals surface area contributed by atoms with E-state index >= 15 is 0 Å². The molecule has 0 aliphatic carbocycles.